The standard InChI is InChI=1S/C23H30N4O.HI/c24-23(26-22-10-4-8-20-7-1-2-9-21(20)22)25-16-18-5-3-6-19(15-18)17-27-11-13-28-14-12-27;/h3-6,8,10,15H,1-2,7,9,11-14,16-17H2,(H3,24,25,26);1H. The molecule has 2 aliphatic rings. The third-order valence-electron chi connectivity index (χ3n) is 5.59. The molecule has 1 aliphatic carbocycles. The molecule has 5 nitrogen and oxygen atoms in total. The van der Waals surface area contributed by atoms with Crippen molar-refractivity contribution in [1.29, 1.82) is 0 Å². The molecule has 0 aromatic heterocycles. The lowest BCUT2D eigenvalue weighted by Crippen LogP contribution is -2.35. The van der Waals surface area contributed by atoms with E-state index in [4.69, 9.17) is 10.5 Å². The number of rotatable bonds is 5. The number of benzene rings is 2. The van der Waals surface area contributed by atoms with Crippen LogP contribution in [0.2, 0.25) is 0 Å². The number of hydrogen-bond acceptors (Lipinski definition) is 3. The van der Waals surface area contributed by atoms with Crippen LogP contribution in [0.5, 0.6) is 0 Å². The molecule has 3 N–H and O–H groups in total. The first-order chi connectivity index (χ1) is 13.8. The van der Waals surface area contributed by atoms with Gasteiger partial charge in [-0.05, 0) is 54.0 Å². The maximum Gasteiger partial charge on any atom is 0.193 e. The van der Waals surface area contributed by atoms with Crippen molar-refractivity contribution in [1.82, 2.24) is 4.90 Å². The summed E-state index contributed by atoms with van der Waals surface area (Å²) in [5.74, 6) is 0.484. The smallest absolute Gasteiger partial charge is 0.193 e. The third kappa shape index (κ3) is 6.17. The zero-order chi connectivity index (χ0) is 19.2. The molecule has 6 heteroatoms. The van der Waals surface area contributed by atoms with Gasteiger partial charge in [0.1, 0.15) is 0 Å². The molecule has 0 spiro atoms. The van der Waals surface area contributed by atoms with Crippen molar-refractivity contribution in [3.05, 3.63) is 64.7 Å². The lowest BCUT2D eigenvalue weighted by Gasteiger charge is -2.26. The van der Waals surface area contributed by atoms with Crippen LogP contribution < -0.4 is 11.1 Å². The van der Waals surface area contributed by atoms with Crippen molar-refractivity contribution in [2.24, 2.45) is 10.7 Å². The molecule has 1 aliphatic heterocycles. The van der Waals surface area contributed by atoms with Crippen LogP contribution in [0, 0.1) is 0 Å². The highest BCUT2D eigenvalue weighted by molar-refractivity contribution is 14.0. The number of nitrogens with two attached hydrogens (primary N) is 1. The Morgan fingerprint density at radius 1 is 1.03 bits per heavy atom. The number of nitrogens with one attached hydrogen (secondary N) is 1. The van der Waals surface area contributed by atoms with Crippen LogP contribution in [0.25, 0.3) is 0 Å². The normalized spacial score (nSPS) is 17.3. The monoisotopic (exact) mass is 506 g/mol. The predicted molar refractivity (Wildman–Crippen MR) is 130 cm³/mol. The fourth-order valence-corrected chi connectivity index (χ4v) is 4.10. The van der Waals surface area contributed by atoms with Gasteiger partial charge in [0.2, 0.25) is 0 Å². The highest BCUT2D eigenvalue weighted by Gasteiger charge is 2.13. The molecule has 0 amide bonds. The average molecular weight is 506 g/mol. The number of ether oxygens (including phenoxy) is 1. The van der Waals surface area contributed by atoms with Gasteiger partial charge in [0.15, 0.2) is 5.96 Å². The summed E-state index contributed by atoms with van der Waals surface area (Å²) in [6.07, 6.45) is 4.81. The summed E-state index contributed by atoms with van der Waals surface area (Å²) < 4.78 is 5.43. The highest BCUT2D eigenvalue weighted by Crippen LogP contribution is 2.27. The first-order valence-electron chi connectivity index (χ1n) is 10.3. The van der Waals surface area contributed by atoms with Gasteiger partial charge in [0.25, 0.3) is 0 Å². The molecule has 1 fully saturated rings. The number of aryl methyl sites for hydroxylation is 1. The number of anilines is 1. The lowest BCUT2D eigenvalue weighted by atomic mass is 9.90. The van der Waals surface area contributed by atoms with Gasteiger partial charge in [0.05, 0.1) is 19.8 Å². The third-order valence-corrected chi connectivity index (χ3v) is 5.59. The van der Waals surface area contributed by atoms with Gasteiger partial charge in [-0.25, -0.2) is 4.99 Å². The van der Waals surface area contributed by atoms with Crippen LogP contribution in [0.1, 0.15) is 35.1 Å². The van der Waals surface area contributed by atoms with Crippen molar-refractivity contribution in [2.45, 2.75) is 38.8 Å². The molecular formula is C23H31IN4O. The first kappa shape index (κ1) is 22.1. The van der Waals surface area contributed by atoms with E-state index in [-0.39, 0.29) is 24.0 Å². The van der Waals surface area contributed by atoms with E-state index in [2.05, 4.69) is 57.7 Å². The minimum atomic E-state index is 0. The molecule has 1 heterocycles. The summed E-state index contributed by atoms with van der Waals surface area (Å²) >= 11 is 0. The van der Waals surface area contributed by atoms with Crippen LogP contribution in [0.4, 0.5) is 5.69 Å². The molecule has 4 rings (SSSR count). The number of guanidine groups is 1. The van der Waals surface area contributed by atoms with E-state index < -0.39 is 0 Å². The molecule has 0 unspecified atom stereocenters. The maximum atomic E-state index is 6.19. The SMILES string of the molecule is I.NC(=NCc1cccc(CN2CCOCC2)c1)Nc1cccc2c1CCCC2. The second kappa shape index (κ2) is 10.9. The maximum absolute atomic E-state index is 6.19. The number of aliphatic imine (C=N–C) groups is 1. The Balaban J connectivity index is 0.00000240. The fourth-order valence-electron chi connectivity index (χ4n) is 4.10. The van der Waals surface area contributed by atoms with E-state index in [0.717, 1.165) is 51.4 Å². The van der Waals surface area contributed by atoms with E-state index in [9.17, 15) is 0 Å². The summed E-state index contributed by atoms with van der Waals surface area (Å²) in [7, 11) is 0. The molecule has 2 aromatic carbocycles. The number of halogens is 1. The zero-order valence-corrected chi connectivity index (χ0v) is 19.2. The van der Waals surface area contributed by atoms with Crippen LogP contribution in [-0.2, 0) is 30.7 Å². The molecule has 156 valence electrons. The van der Waals surface area contributed by atoms with Crippen molar-refractivity contribution in [3.63, 3.8) is 0 Å². The summed E-state index contributed by atoms with van der Waals surface area (Å²) in [4.78, 5) is 7.01. The predicted octanol–water partition coefficient (Wildman–Crippen LogP) is 3.94. The Hall–Kier alpha value is -1.64. The van der Waals surface area contributed by atoms with E-state index >= 15 is 0 Å². The lowest BCUT2D eigenvalue weighted by molar-refractivity contribution is 0.0342. The van der Waals surface area contributed by atoms with Gasteiger partial charge >= 0.3 is 0 Å². The molecule has 0 saturated carbocycles. The molecular weight excluding hydrogens is 475 g/mol. The van der Waals surface area contributed by atoms with Gasteiger partial charge in [-0.2, -0.15) is 0 Å². The Labute approximate surface area is 190 Å². The molecule has 29 heavy (non-hydrogen) atoms. The van der Waals surface area contributed by atoms with Crippen LogP contribution in [0.15, 0.2) is 47.5 Å². The number of nitrogens with zero attached hydrogens (tertiary/aromatic N) is 2. The number of hydrogen-bond donors (Lipinski definition) is 2. The Morgan fingerprint density at radius 3 is 2.66 bits per heavy atom. The second-order valence-corrected chi connectivity index (χ2v) is 7.69. The van der Waals surface area contributed by atoms with E-state index in [0.29, 0.717) is 12.5 Å². The molecule has 0 bridgehead atoms. The number of fused-ring (bicyclic) bond motifs is 1. The topological polar surface area (TPSA) is 62.9 Å². The second-order valence-electron chi connectivity index (χ2n) is 7.69. The first-order valence-corrected chi connectivity index (χ1v) is 10.3. The van der Waals surface area contributed by atoms with Crippen LogP contribution in [0.3, 0.4) is 0 Å². The Kier molecular flexibility index (Phi) is 8.32. The van der Waals surface area contributed by atoms with Crippen molar-refractivity contribution in [3.8, 4) is 0 Å². The minimum Gasteiger partial charge on any atom is -0.379 e. The Bertz CT molecular complexity index is 833. The summed E-state index contributed by atoms with van der Waals surface area (Å²) in [5, 5.41) is 3.33. The summed E-state index contributed by atoms with van der Waals surface area (Å²) in [6.45, 7) is 5.21. The molecule has 0 atom stereocenters. The van der Waals surface area contributed by atoms with Crippen molar-refractivity contribution in [2.75, 3.05) is 31.6 Å². The van der Waals surface area contributed by atoms with Gasteiger partial charge in [-0.1, -0.05) is 36.4 Å². The minimum absolute atomic E-state index is 0. The Morgan fingerprint density at radius 2 is 1.79 bits per heavy atom. The van der Waals surface area contributed by atoms with Gasteiger partial charge < -0.3 is 15.8 Å². The van der Waals surface area contributed by atoms with Gasteiger partial charge in [-0.15, -0.1) is 24.0 Å². The zero-order valence-electron chi connectivity index (χ0n) is 16.9. The molecule has 2 aromatic rings. The van der Waals surface area contributed by atoms with E-state index in [1.54, 1.807) is 0 Å². The van der Waals surface area contributed by atoms with Gasteiger partial charge in [-0.3, -0.25) is 4.90 Å². The van der Waals surface area contributed by atoms with Crippen molar-refractivity contribution < 1.29 is 4.74 Å². The summed E-state index contributed by atoms with van der Waals surface area (Å²) in [5.41, 5.74) is 12.7. The number of morpholine rings is 1. The summed E-state index contributed by atoms with van der Waals surface area (Å²) in [6, 6.07) is 15.1. The average Bonchev–Trinajstić information content (AvgIpc) is 2.74. The quantitative estimate of drug-likeness (QED) is 0.367. The van der Waals surface area contributed by atoms with Crippen LogP contribution in [-0.4, -0.2) is 37.2 Å². The fraction of sp³-hybridized carbons (Fsp3) is 0.435. The molecule has 0 radical (unpaired) electrons. The highest BCUT2D eigenvalue weighted by atomic mass is 127. The van der Waals surface area contributed by atoms with E-state index in [1.807, 2.05) is 0 Å². The van der Waals surface area contributed by atoms with Crippen molar-refractivity contribution >= 4 is 35.6 Å². The van der Waals surface area contributed by atoms with E-state index in [1.165, 1.54) is 35.1 Å². The van der Waals surface area contributed by atoms with Gasteiger partial charge in [0, 0.05) is 25.3 Å². The van der Waals surface area contributed by atoms with Crippen LogP contribution >= 0.6 is 24.0 Å². The largest absolute Gasteiger partial charge is 0.379 e. The molecule has 1 saturated heterocycles.